The van der Waals surface area contributed by atoms with Gasteiger partial charge in [0, 0.05) is 24.5 Å². The molecule has 106 valence electrons. The van der Waals surface area contributed by atoms with Gasteiger partial charge in [-0.05, 0) is 44.7 Å². The molecule has 0 radical (unpaired) electrons. The molecule has 1 fully saturated rings. The van der Waals surface area contributed by atoms with E-state index in [2.05, 4.69) is 30.0 Å². The molecule has 1 atom stereocenters. The van der Waals surface area contributed by atoms with E-state index >= 15 is 0 Å². The third-order valence-electron chi connectivity index (χ3n) is 3.95. The predicted molar refractivity (Wildman–Crippen MR) is 81.1 cm³/mol. The monoisotopic (exact) mass is 281 g/mol. The van der Waals surface area contributed by atoms with Crippen LogP contribution in [0.25, 0.3) is 0 Å². The van der Waals surface area contributed by atoms with Crippen molar-refractivity contribution >= 4 is 11.6 Å². The minimum atomic E-state index is 0.766. The van der Waals surface area contributed by atoms with Crippen molar-refractivity contribution in [2.45, 2.75) is 32.7 Å². The highest BCUT2D eigenvalue weighted by atomic mass is 35.5. The lowest BCUT2D eigenvalue weighted by Crippen LogP contribution is -2.35. The standard InChI is InChI=1S/C16H24ClNO/c1-13-5-6-16(19-2)15(10-13)12-18-9-3-4-14(11-18)7-8-17/h5-6,10,14H,3-4,7-9,11-12H2,1-2H3. The number of ether oxygens (including phenoxy) is 1. The Morgan fingerprint density at radius 3 is 3.00 bits per heavy atom. The highest BCUT2D eigenvalue weighted by Gasteiger charge is 2.20. The topological polar surface area (TPSA) is 12.5 Å². The summed E-state index contributed by atoms with van der Waals surface area (Å²) in [7, 11) is 1.75. The second kappa shape index (κ2) is 7.16. The molecule has 0 aromatic heterocycles. The van der Waals surface area contributed by atoms with Crippen molar-refractivity contribution in [1.82, 2.24) is 4.90 Å². The second-order valence-corrected chi connectivity index (χ2v) is 5.91. The lowest BCUT2D eigenvalue weighted by Gasteiger charge is -2.32. The fraction of sp³-hybridized carbons (Fsp3) is 0.625. The maximum atomic E-state index is 5.87. The van der Waals surface area contributed by atoms with Gasteiger partial charge in [-0.15, -0.1) is 11.6 Å². The molecule has 3 heteroatoms. The van der Waals surface area contributed by atoms with Gasteiger partial charge < -0.3 is 4.74 Å². The first-order chi connectivity index (χ1) is 9.22. The van der Waals surface area contributed by atoms with Crippen LogP contribution >= 0.6 is 11.6 Å². The van der Waals surface area contributed by atoms with Gasteiger partial charge in [0.15, 0.2) is 0 Å². The van der Waals surface area contributed by atoms with E-state index in [4.69, 9.17) is 16.3 Å². The SMILES string of the molecule is COc1ccc(C)cc1CN1CCCC(CCCl)C1. The van der Waals surface area contributed by atoms with E-state index < -0.39 is 0 Å². The number of nitrogens with zero attached hydrogens (tertiary/aromatic N) is 1. The van der Waals surface area contributed by atoms with Gasteiger partial charge in [0.2, 0.25) is 0 Å². The van der Waals surface area contributed by atoms with Crippen molar-refractivity contribution in [2.24, 2.45) is 5.92 Å². The van der Waals surface area contributed by atoms with Crippen LogP contribution in [0, 0.1) is 12.8 Å². The first-order valence-corrected chi connectivity index (χ1v) is 7.68. The number of aryl methyl sites for hydroxylation is 1. The lowest BCUT2D eigenvalue weighted by molar-refractivity contribution is 0.163. The Morgan fingerprint density at radius 1 is 1.42 bits per heavy atom. The van der Waals surface area contributed by atoms with Crippen molar-refractivity contribution in [1.29, 1.82) is 0 Å². The summed E-state index contributed by atoms with van der Waals surface area (Å²) in [5, 5.41) is 0. The smallest absolute Gasteiger partial charge is 0.123 e. The maximum Gasteiger partial charge on any atom is 0.123 e. The summed E-state index contributed by atoms with van der Waals surface area (Å²) < 4.78 is 5.47. The fourth-order valence-corrected chi connectivity index (χ4v) is 3.27. The lowest BCUT2D eigenvalue weighted by atomic mass is 9.95. The van der Waals surface area contributed by atoms with E-state index in [-0.39, 0.29) is 0 Å². The van der Waals surface area contributed by atoms with Crippen LogP contribution in [0.2, 0.25) is 0 Å². The minimum absolute atomic E-state index is 0.766. The van der Waals surface area contributed by atoms with E-state index in [0.717, 1.165) is 30.5 Å². The largest absolute Gasteiger partial charge is 0.496 e. The summed E-state index contributed by atoms with van der Waals surface area (Å²) >= 11 is 5.87. The number of benzene rings is 1. The van der Waals surface area contributed by atoms with Crippen LogP contribution in [0.4, 0.5) is 0 Å². The molecule has 19 heavy (non-hydrogen) atoms. The average molecular weight is 282 g/mol. The maximum absolute atomic E-state index is 5.87. The third kappa shape index (κ3) is 4.12. The number of rotatable bonds is 5. The Labute approximate surface area is 121 Å². The summed E-state index contributed by atoms with van der Waals surface area (Å²) in [6.45, 7) is 5.48. The molecule has 0 bridgehead atoms. The zero-order valence-electron chi connectivity index (χ0n) is 12.0. The van der Waals surface area contributed by atoms with Crippen LogP contribution in [-0.4, -0.2) is 31.0 Å². The van der Waals surface area contributed by atoms with Gasteiger partial charge in [-0.1, -0.05) is 17.7 Å². The molecule has 0 N–H and O–H groups in total. The van der Waals surface area contributed by atoms with Gasteiger partial charge in [-0.3, -0.25) is 4.90 Å². The van der Waals surface area contributed by atoms with Crippen molar-refractivity contribution in [3.63, 3.8) is 0 Å². The quantitative estimate of drug-likeness (QED) is 0.760. The van der Waals surface area contributed by atoms with Crippen LogP contribution < -0.4 is 4.74 Å². The molecule has 1 aliphatic rings. The summed E-state index contributed by atoms with van der Waals surface area (Å²) in [5.41, 5.74) is 2.60. The molecule has 1 saturated heterocycles. The Morgan fingerprint density at radius 2 is 2.26 bits per heavy atom. The van der Waals surface area contributed by atoms with Crippen LogP contribution in [0.5, 0.6) is 5.75 Å². The van der Waals surface area contributed by atoms with Crippen LogP contribution in [0.1, 0.15) is 30.4 Å². The van der Waals surface area contributed by atoms with E-state index in [1.165, 1.54) is 37.1 Å². The molecule has 1 heterocycles. The molecule has 0 amide bonds. The summed E-state index contributed by atoms with van der Waals surface area (Å²) in [4.78, 5) is 2.54. The Bertz CT molecular complexity index is 406. The van der Waals surface area contributed by atoms with Gasteiger partial charge in [-0.25, -0.2) is 0 Å². The molecule has 1 aliphatic heterocycles. The summed E-state index contributed by atoms with van der Waals surface area (Å²) in [6.07, 6.45) is 3.76. The molecular weight excluding hydrogens is 258 g/mol. The zero-order valence-corrected chi connectivity index (χ0v) is 12.7. The number of hydrogen-bond acceptors (Lipinski definition) is 2. The van der Waals surface area contributed by atoms with Crippen molar-refractivity contribution in [3.8, 4) is 5.75 Å². The van der Waals surface area contributed by atoms with E-state index in [0.29, 0.717) is 0 Å². The van der Waals surface area contributed by atoms with Crippen LogP contribution in [0.15, 0.2) is 18.2 Å². The van der Waals surface area contributed by atoms with Crippen molar-refractivity contribution in [3.05, 3.63) is 29.3 Å². The van der Waals surface area contributed by atoms with Gasteiger partial charge in [0.05, 0.1) is 7.11 Å². The normalized spacial score (nSPS) is 20.5. The number of alkyl halides is 1. The average Bonchev–Trinajstić information content (AvgIpc) is 2.40. The van der Waals surface area contributed by atoms with Crippen LogP contribution in [0.3, 0.4) is 0 Å². The van der Waals surface area contributed by atoms with Gasteiger partial charge >= 0.3 is 0 Å². The second-order valence-electron chi connectivity index (χ2n) is 5.54. The Kier molecular flexibility index (Phi) is 5.53. The third-order valence-corrected chi connectivity index (χ3v) is 4.17. The molecule has 1 aromatic carbocycles. The number of likely N-dealkylation sites (tertiary alicyclic amines) is 1. The molecule has 0 aliphatic carbocycles. The Balaban J connectivity index is 2.01. The minimum Gasteiger partial charge on any atom is -0.496 e. The molecule has 1 unspecified atom stereocenters. The fourth-order valence-electron chi connectivity index (χ4n) is 2.96. The van der Waals surface area contributed by atoms with Crippen molar-refractivity contribution in [2.75, 3.05) is 26.1 Å². The van der Waals surface area contributed by atoms with Gasteiger partial charge in [-0.2, -0.15) is 0 Å². The molecular formula is C16H24ClNO. The first-order valence-electron chi connectivity index (χ1n) is 7.14. The Hall–Kier alpha value is -0.730. The van der Waals surface area contributed by atoms with Crippen LogP contribution in [-0.2, 0) is 6.54 Å². The molecule has 2 nitrogen and oxygen atoms in total. The van der Waals surface area contributed by atoms with Gasteiger partial charge in [0.1, 0.15) is 5.75 Å². The summed E-state index contributed by atoms with van der Waals surface area (Å²) in [5.74, 6) is 2.55. The number of piperidine rings is 1. The van der Waals surface area contributed by atoms with E-state index in [1.807, 2.05) is 0 Å². The van der Waals surface area contributed by atoms with Crippen molar-refractivity contribution < 1.29 is 4.74 Å². The number of methoxy groups -OCH3 is 1. The van der Waals surface area contributed by atoms with E-state index in [9.17, 15) is 0 Å². The molecule has 1 aromatic rings. The first kappa shape index (κ1) is 14.7. The molecule has 2 rings (SSSR count). The van der Waals surface area contributed by atoms with Gasteiger partial charge in [0.25, 0.3) is 0 Å². The number of hydrogen-bond donors (Lipinski definition) is 0. The predicted octanol–water partition coefficient (Wildman–Crippen LogP) is 3.84. The highest BCUT2D eigenvalue weighted by Crippen LogP contribution is 2.25. The molecule has 0 saturated carbocycles. The van der Waals surface area contributed by atoms with E-state index in [1.54, 1.807) is 7.11 Å². The number of halogens is 1. The highest BCUT2D eigenvalue weighted by molar-refractivity contribution is 6.17. The zero-order chi connectivity index (χ0) is 13.7. The summed E-state index contributed by atoms with van der Waals surface area (Å²) in [6, 6.07) is 6.42. The molecule has 0 spiro atoms.